The van der Waals surface area contributed by atoms with Crippen LogP contribution in [0.2, 0.25) is 0 Å². The van der Waals surface area contributed by atoms with Crippen LogP contribution in [0.15, 0.2) is 71.8 Å². The largest absolute Gasteiger partial charge is 0.496 e. The number of nitrogens with zero attached hydrogens (tertiary/aromatic N) is 1. The molecular weight excluding hydrogens is 542 g/mol. The fourth-order valence-electron chi connectivity index (χ4n) is 4.58. The normalized spacial score (nSPS) is 20.4. The second kappa shape index (κ2) is 11.7. The first kappa shape index (κ1) is 18.2. The minimum Gasteiger partial charge on any atom is -0.496 e. The van der Waals surface area contributed by atoms with Crippen molar-refractivity contribution >= 4 is 38.6 Å². The maximum atomic E-state index is 13.1. The number of carbonyl (C=O) groups excluding carboxylic acids is 2. The highest BCUT2D eigenvalue weighted by atomic mass is 32.2. The van der Waals surface area contributed by atoms with Gasteiger partial charge in [-0.05, 0) is 85.6 Å². The van der Waals surface area contributed by atoms with Crippen molar-refractivity contribution in [2.24, 2.45) is 6.98 Å². The van der Waals surface area contributed by atoms with Gasteiger partial charge in [0, 0.05) is 51.3 Å². The molecule has 1 fully saturated rings. The summed E-state index contributed by atoms with van der Waals surface area (Å²) >= 11 is 0. The molecule has 0 bridgehead atoms. The molecule has 2 N–H and O–H groups in total. The maximum absolute atomic E-state index is 13.1. The monoisotopic (exact) mass is 585 g/mol. The Balaban J connectivity index is 1.45. The van der Waals surface area contributed by atoms with Gasteiger partial charge in [-0.1, -0.05) is 24.3 Å². The van der Waals surface area contributed by atoms with Crippen LogP contribution in [-0.4, -0.2) is 38.1 Å². The molecule has 1 aliphatic rings. The second-order valence-corrected chi connectivity index (χ2v) is 11.1. The van der Waals surface area contributed by atoms with Crippen molar-refractivity contribution in [1.29, 1.82) is 0 Å². The van der Waals surface area contributed by atoms with Crippen LogP contribution in [0.4, 0.5) is 10.5 Å². The highest BCUT2D eigenvalue weighted by molar-refractivity contribution is 7.90. The first-order chi connectivity index (χ1) is 23.5. The zero-order chi connectivity index (χ0) is 37.7. The Kier molecular flexibility index (Phi) is 5.17. The molecule has 41 heavy (non-hydrogen) atoms. The summed E-state index contributed by atoms with van der Waals surface area (Å²) in [4.78, 5) is 25.7. The van der Waals surface area contributed by atoms with Crippen LogP contribution < -0.4 is 14.8 Å². The van der Waals surface area contributed by atoms with Crippen LogP contribution >= 0.6 is 0 Å². The fourth-order valence-corrected chi connectivity index (χ4v) is 5.80. The molecule has 0 spiro atoms. The van der Waals surface area contributed by atoms with Gasteiger partial charge in [0.2, 0.25) is 0 Å². The molecule has 3 aromatic carbocycles. The maximum Gasteiger partial charge on any atom is 0.411 e. The van der Waals surface area contributed by atoms with Crippen molar-refractivity contribution in [2.75, 3.05) is 12.4 Å². The molecule has 0 saturated heterocycles. The fraction of sp³-hybridized carbons (Fsp3) is 0.290. The number of hydrogen-bond acceptors (Lipinski definition) is 6. The average Bonchev–Trinajstić information content (AvgIpc) is 3.44. The molecule has 214 valence electrons. The Hall–Kier alpha value is -4.31. The Bertz CT molecular complexity index is 2100. The third kappa shape index (κ3) is 6.22. The van der Waals surface area contributed by atoms with Crippen LogP contribution in [0.25, 0.3) is 10.9 Å². The summed E-state index contributed by atoms with van der Waals surface area (Å²) in [7, 11) is -7.28. The Morgan fingerprint density at radius 1 is 1.07 bits per heavy atom. The minimum absolute atomic E-state index is 0.120. The summed E-state index contributed by atoms with van der Waals surface area (Å²) in [6.45, 7) is -1.09. The number of rotatable bonds is 8. The summed E-state index contributed by atoms with van der Waals surface area (Å²) in [5.74, 6) is -1.34. The number of amides is 2. The lowest BCUT2D eigenvalue weighted by atomic mass is 10.0. The summed E-state index contributed by atoms with van der Waals surface area (Å²) in [6, 6.07) is 14.0. The zero-order valence-electron chi connectivity index (χ0n) is 31.9. The Labute approximate surface area is 253 Å². The number of benzene rings is 3. The van der Waals surface area contributed by atoms with E-state index in [4.69, 9.17) is 23.2 Å². The van der Waals surface area contributed by atoms with Crippen molar-refractivity contribution in [2.45, 2.75) is 49.9 Å². The smallest absolute Gasteiger partial charge is 0.411 e. The van der Waals surface area contributed by atoms with E-state index in [1.54, 1.807) is 19.1 Å². The van der Waals surface area contributed by atoms with Crippen LogP contribution in [-0.2, 0) is 28.2 Å². The Morgan fingerprint density at radius 2 is 1.88 bits per heavy atom. The predicted molar refractivity (Wildman–Crippen MR) is 157 cm³/mol. The summed E-state index contributed by atoms with van der Waals surface area (Å²) in [5, 5.41) is 2.84. The number of hydrogen-bond donors (Lipinski definition) is 2. The van der Waals surface area contributed by atoms with Crippen LogP contribution in [0.3, 0.4) is 0 Å². The molecule has 1 saturated carbocycles. The molecule has 0 aliphatic heterocycles. The number of aromatic nitrogens is 1. The van der Waals surface area contributed by atoms with E-state index in [-0.39, 0.29) is 52.2 Å². The van der Waals surface area contributed by atoms with Crippen LogP contribution in [0.1, 0.15) is 66.3 Å². The van der Waals surface area contributed by atoms with E-state index in [0.717, 1.165) is 10.6 Å². The van der Waals surface area contributed by atoms with E-state index in [9.17, 15) is 18.0 Å². The van der Waals surface area contributed by atoms with Crippen molar-refractivity contribution < 1.29 is 41.2 Å². The van der Waals surface area contributed by atoms with Crippen molar-refractivity contribution in [3.05, 3.63) is 89.1 Å². The SMILES string of the molecule is [2H]C([2H])([2H])Oc1cc(C(=O)NS(=O)(=O)c2ccccc2C)ccc1Cc1cn(C([2H])([2H])[2H])c2ccc(NC(=O)OC3CC([2H])([2H])C([2H])([2H])C3)cc12. The minimum atomic E-state index is -4.29. The first-order valence-corrected chi connectivity index (χ1v) is 14.0. The number of nitrogens with one attached hydrogen (secondary N) is 2. The third-order valence-electron chi connectivity index (χ3n) is 6.62. The lowest BCUT2D eigenvalue weighted by molar-refractivity contribution is 0.0980. The van der Waals surface area contributed by atoms with Gasteiger partial charge in [-0.2, -0.15) is 0 Å². The number of methoxy groups -OCH3 is 1. The van der Waals surface area contributed by atoms with Crippen LogP contribution in [0.5, 0.6) is 5.75 Å². The van der Waals surface area contributed by atoms with Crippen molar-refractivity contribution in [3.63, 3.8) is 0 Å². The average molecular weight is 586 g/mol. The number of sulfonamides is 1. The molecule has 1 aliphatic carbocycles. The van der Waals surface area contributed by atoms with E-state index in [1.165, 1.54) is 48.7 Å². The molecular formula is C31H33N3O6S. The van der Waals surface area contributed by atoms with Gasteiger partial charge in [-0.25, -0.2) is 17.9 Å². The van der Waals surface area contributed by atoms with Gasteiger partial charge in [0.15, 0.2) is 0 Å². The van der Waals surface area contributed by atoms with Crippen molar-refractivity contribution in [3.8, 4) is 5.75 Å². The van der Waals surface area contributed by atoms with Gasteiger partial charge in [-0.15, -0.1) is 0 Å². The topological polar surface area (TPSA) is 116 Å². The number of aryl methyl sites for hydroxylation is 2. The van der Waals surface area contributed by atoms with Crippen molar-refractivity contribution in [1.82, 2.24) is 9.29 Å². The van der Waals surface area contributed by atoms with Crippen LogP contribution in [0, 0.1) is 6.92 Å². The first-order valence-electron chi connectivity index (χ1n) is 17.5. The van der Waals surface area contributed by atoms with Gasteiger partial charge in [0.1, 0.15) is 11.9 Å². The molecule has 0 radical (unpaired) electrons. The number of fused-ring (bicyclic) bond motifs is 1. The standard InChI is InChI=1S/C31H33N3O6S/c1-20-8-4-7-11-29(20)41(37,38)33-30(35)22-13-12-21(28(17-22)39-3)16-23-19-34(2)27-15-14-24(18-26(23)27)32-31(36)40-25-9-5-6-10-25/h4,7-8,11-15,17-19,25H,5-6,9-10,16H2,1-3H3,(H,32,36)(H,33,35)/i2D3,3D3,5D2,6D2. The number of carbonyl (C=O) groups is 2. The quantitative estimate of drug-likeness (QED) is 0.274. The van der Waals surface area contributed by atoms with Gasteiger partial charge < -0.3 is 14.0 Å². The number of anilines is 1. The molecule has 1 aromatic heterocycles. The summed E-state index contributed by atoms with van der Waals surface area (Å²) < 4.78 is 118. The van der Waals surface area contributed by atoms with Gasteiger partial charge in [0.25, 0.3) is 15.9 Å². The lowest BCUT2D eigenvalue weighted by Crippen LogP contribution is -2.31. The second-order valence-electron chi connectivity index (χ2n) is 9.47. The highest BCUT2D eigenvalue weighted by Crippen LogP contribution is 2.30. The molecule has 10 heteroatoms. The van der Waals surface area contributed by atoms with E-state index < -0.39 is 54.9 Å². The predicted octanol–water partition coefficient (Wildman–Crippen LogP) is 5.70. The van der Waals surface area contributed by atoms with E-state index in [2.05, 4.69) is 5.32 Å². The molecule has 2 amide bonds. The van der Waals surface area contributed by atoms with E-state index in [1.807, 2.05) is 4.72 Å². The highest BCUT2D eigenvalue weighted by Gasteiger charge is 2.22. The molecule has 4 aromatic rings. The van der Waals surface area contributed by atoms with E-state index >= 15 is 0 Å². The molecule has 5 rings (SSSR count). The molecule has 0 unspecified atom stereocenters. The molecule has 1 heterocycles. The summed E-state index contributed by atoms with van der Waals surface area (Å²) in [6.07, 6.45) is -5.83. The van der Waals surface area contributed by atoms with Gasteiger partial charge in [0.05, 0.1) is 16.0 Å². The molecule has 9 nitrogen and oxygen atoms in total. The molecule has 0 atom stereocenters. The lowest BCUT2D eigenvalue weighted by Gasteiger charge is -2.13. The summed E-state index contributed by atoms with van der Waals surface area (Å²) in [5.41, 5.74) is 1.13. The number of ether oxygens (including phenoxy) is 2. The van der Waals surface area contributed by atoms with Gasteiger partial charge >= 0.3 is 6.09 Å². The Morgan fingerprint density at radius 3 is 2.63 bits per heavy atom. The third-order valence-corrected chi connectivity index (χ3v) is 8.11. The van der Waals surface area contributed by atoms with Gasteiger partial charge in [-0.3, -0.25) is 10.1 Å². The zero-order valence-corrected chi connectivity index (χ0v) is 22.7. The van der Waals surface area contributed by atoms with E-state index in [0.29, 0.717) is 16.5 Å².